The number of nitrogens with zero attached hydrogens (tertiary/aromatic N) is 1. The van der Waals surface area contributed by atoms with E-state index in [4.69, 9.17) is 21.1 Å². The number of barbiturate groups is 1. The lowest BCUT2D eigenvalue weighted by atomic mass is 10.1. The van der Waals surface area contributed by atoms with E-state index in [9.17, 15) is 23.6 Å². The molecular weight excluding hydrogens is 505 g/mol. The molecule has 37 heavy (non-hydrogen) atoms. The summed E-state index contributed by atoms with van der Waals surface area (Å²) in [5.74, 6) is -2.06. The molecule has 2 N–H and O–H groups in total. The Kier molecular flexibility index (Phi) is 7.49. The van der Waals surface area contributed by atoms with E-state index in [1.54, 1.807) is 12.1 Å². The van der Waals surface area contributed by atoms with Gasteiger partial charge in [0.05, 0.1) is 12.8 Å². The van der Waals surface area contributed by atoms with E-state index in [0.717, 1.165) is 4.90 Å². The third-order valence-electron chi connectivity index (χ3n) is 5.19. The number of hydrogen-bond acceptors (Lipinski definition) is 6. The van der Waals surface area contributed by atoms with Crippen molar-refractivity contribution in [3.05, 3.63) is 88.7 Å². The summed E-state index contributed by atoms with van der Waals surface area (Å²) >= 11 is 6.11. The third-order valence-corrected chi connectivity index (χ3v) is 5.43. The van der Waals surface area contributed by atoms with E-state index >= 15 is 0 Å². The fourth-order valence-electron chi connectivity index (χ4n) is 3.42. The molecule has 11 heteroatoms. The summed E-state index contributed by atoms with van der Waals surface area (Å²) < 4.78 is 23.7. The minimum absolute atomic E-state index is 0.152. The van der Waals surface area contributed by atoms with E-state index in [2.05, 4.69) is 10.6 Å². The number of carbonyl (C=O) groups excluding carboxylic acids is 4. The zero-order chi connectivity index (χ0) is 26.5. The van der Waals surface area contributed by atoms with Gasteiger partial charge in [-0.2, -0.15) is 0 Å². The Hall–Kier alpha value is -4.70. The van der Waals surface area contributed by atoms with Gasteiger partial charge in [-0.05, 0) is 72.8 Å². The molecule has 3 aromatic rings. The fraction of sp³-hybridized carbons (Fsp3) is 0.0769. The number of amides is 5. The molecule has 5 amide bonds. The summed E-state index contributed by atoms with van der Waals surface area (Å²) in [5.41, 5.74) is 0.478. The van der Waals surface area contributed by atoms with Crippen LogP contribution in [0.15, 0.2) is 72.3 Å². The van der Waals surface area contributed by atoms with Crippen molar-refractivity contribution in [1.29, 1.82) is 0 Å². The number of rotatable bonds is 7. The summed E-state index contributed by atoms with van der Waals surface area (Å²) in [6, 6.07) is 14.8. The number of methoxy groups -OCH3 is 1. The molecule has 1 heterocycles. The molecule has 0 aromatic heterocycles. The summed E-state index contributed by atoms with van der Waals surface area (Å²) in [5, 5.41) is 4.97. The monoisotopic (exact) mass is 523 g/mol. The molecule has 0 aliphatic carbocycles. The molecule has 1 aliphatic rings. The van der Waals surface area contributed by atoms with Gasteiger partial charge in [0.25, 0.3) is 17.7 Å². The first-order valence-electron chi connectivity index (χ1n) is 10.8. The number of nitrogens with one attached hydrogen (secondary N) is 2. The van der Waals surface area contributed by atoms with Crippen LogP contribution in [0.2, 0.25) is 5.02 Å². The van der Waals surface area contributed by atoms with Gasteiger partial charge in [-0.3, -0.25) is 19.7 Å². The zero-order valence-electron chi connectivity index (χ0n) is 19.3. The summed E-state index contributed by atoms with van der Waals surface area (Å²) in [4.78, 5) is 51.3. The van der Waals surface area contributed by atoms with Crippen molar-refractivity contribution in [2.75, 3.05) is 23.9 Å². The van der Waals surface area contributed by atoms with Crippen molar-refractivity contribution in [2.45, 2.75) is 0 Å². The van der Waals surface area contributed by atoms with Gasteiger partial charge in [0.2, 0.25) is 0 Å². The lowest BCUT2D eigenvalue weighted by molar-refractivity contribution is -0.122. The molecule has 0 atom stereocenters. The van der Waals surface area contributed by atoms with Gasteiger partial charge in [-0.1, -0.05) is 11.6 Å². The maximum absolute atomic E-state index is 13.2. The molecule has 0 radical (unpaired) electrons. The molecule has 9 nitrogen and oxygen atoms in total. The number of urea groups is 1. The molecule has 1 aliphatic heterocycles. The van der Waals surface area contributed by atoms with Crippen molar-refractivity contribution < 1.29 is 33.0 Å². The van der Waals surface area contributed by atoms with Crippen LogP contribution in [0.4, 0.5) is 20.6 Å². The van der Waals surface area contributed by atoms with Gasteiger partial charge in [0, 0.05) is 16.3 Å². The number of imide groups is 2. The van der Waals surface area contributed by atoms with E-state index in [1.165, 1.54) is 67.8 Å². The van der Waals surface area contributed by atoms with Gasteiger partial charge < -0.3 is 14.8 Å². The molecule has 1 fully saturated rings. The lowest BCUT2D eigenvalue weighted by Crippen LogP contribution is -2.54. The van der Waals surface area contributed by atoms with Crippen LogP contribution in [0.25, 0.3) is 6.08 Å². The van der Waals surface area contributed by atoms with Crippen LogP contribution in [0, 0.1) is 5.82 Å². The molecule has 0 unspecified atom stereocenters. The normalized spacial score (nSPS) is 14.4. The van der Waals surface area contributed by atoms with Crippen LogP contribution in [0.1, 0.15) is 5.56 Å². The van der Waals surface area contributed by atoms with E-state index in [1.807, 2.05) is 0 Å². The standard InChI is InChI=1S/C26H19ClFN3O6/c1-36-20-9-7-19(8-10-20)31-25(34)21(24(33)30-26(31)35)13-15-12-16(27)2-11-22(15)37-14-23(32)29-18-5-3-17(28)4-6-18/h2-13H,14H2,1H3,(H,29,32)(H,30,33,35)/b21-13+. The molecule has 0 spiro atoms. The van der Waals surface area contributed by atoms with Crippen LogP contribution in [-0.4, -0.2) is 37.5 Å². The van der Waals surface area contributed by atoms with Crippen molar-refractivity contribution in [1.82, 2.24) is 5.32 Å². The molecule has 3 aromatic carbocycles. The number of benzene rings is 3. The van der Waals surface area contributed by atoms with Crippen LogP contribution >= 0.6 is 11.6 Å². The van der Waals surface area contributed by atoms with Crippen molar-refractivity contribution in [2.24, 2.45) is 0 Å². The first kappa shape index (κ1) is 25.4. The second-order valence-electron chi connectivity index (χ2n) is 7.68. The smallest absolute Gasteiger partial charge is 0.335 e. The Labute approximate surface area is 215 Å². The van der Waals surface area contributed by atoms with Gasteiger partial charge in [0.15, 0.2) is 6.61 Å². The Morgan fingerprint density at radius 2 is 1.76 bits per heavy atom. The van der Waals surface area contributed by atoms with Crippen LogP contribution in [0.5, 0.6) is 11.5 Å². The van der Waals surface area contributed by atoms with Gasteiger partial charge >= 0.3 is 6.03 Å². The van der Waals surface area contributed by atoms with Crippen LogP contribution in [-0.2, 0) is 14.4 Å². The van der Waals surface area contributed by atoms with Crippen molar-refractivity contribution in [3.63, 3.8) is 0 Å². The Morgan fingerprint density at radius 3 is 2.43 bits per heavy atom. The molecular formula is C26H19ClFN3O6. The van der Waals surface area contributed by atoms with Gasteiger partial charge in [-0.25, -0.2) is 14.1 Å². The quantitative estimate of drug-likeness (QED) is 0.355. The van der Waals surface area contributed by atoms with E-state index in [-0.39, 0.29) is 27.6 Å². The highest BCUT2D eigenvalue weighted by Crippen LogP contribution is 2.28. The molecule has 4 rings (SSSR count). The predicted octanol–water partition coefficient (Wildman–Crippen LogP) is 4.17. The lowest BCUT2D eigenvalue weighted by Gasteiger charge is -2.26. The highest BCUT2D eigenvalue weighted by molar-refractivity contribution is 6.39. The second kappa shape index (κ2) is 10.9. The first-order valence-corrected chi connectivity index (χ1v) is 11.2. The molecule has 1 saturated heterocycles. The molecule has 0 bridgehead atoms. The molecule has 188 valence electrons. The number of carbonyl (C=O) groups is 4. The number of ether oxygens (including phenoxy) is 2. The maximum atomic E-state index is 13.2. The third kappa shape index (κ3) is 5.93. The highest BCUT2D eigenvalue weighted by atomic mass is 35.5. The summed E-state index contributed by atoms with van der Waals surface area (Å²) in [6.45, 7) is -0.425. The Bertz CT molecular complexity index is 1410. The Balaban J connectivity index is 1.57. The minimum atomic E-state index is -0.905. The summed E-state index contributed by atoms with van der Waals surface area (Å²) in [7, 11) is 1.48. The number of halogens is 2. The average molecular weight is 524 g/mol. The van der Waals surface area contributed by atoms with Gasteiger partial charge in [-0.15, -0.1) is 0 Å². The first-order chi connectivity index (χ1) is 17.7. The minimum Gasteiger partial charge on any atom is -0.497 e. The summed E-state index contributed by atoms with van der Waals surface area (Å²) in [6.07, 6.45) is 1.22. The maximum Gasteiger partial charge on any atom is 0.335 e. The average Bonchev–Trinajstić information content (AvgIpc) is 2.87. The van der Waals surface area contributed by atoms with Crippen LogP contribution in [0.3, 0.4) is 0 Å². The number of anilines is 2. The largest absolute Gasteiger partial charge is 0.497 e. The van der Waals surface area contributed by atoms with Crippen LogP contribution < -0.4 is 25.0 Å². The second-order valence-corrected chi connectivity index (χ2v) is 8.12. The predicted molar refractivity (Wildman–Crippen MR) is 134 cm³/mol. The topological polar surface area (TPSA) is 114 Å². The SMILES string of the molecule is COc1ccc(N2C(=O)NC(=O)/C(=C\c3cc(Cl)ccc3OCC(=O)Nc3ccc(F)cc3)C2=O)cc1. The number of hydrogen-bond donors (Lipinski definition) is 2. The molecule has 0 saturated carbocycles. The zero-order valence-corrected chi connectivity index (χ0v) is 20.0. The Morgan fingerprint density at radius 1 is 1.05 bits per heavy atom. The van der Waals surface area contributed by atoms with Gasteiger partial charge in [0.1, 0.15) is 22.9 Å². The van der Waals surface area contributed by atoms with E-state index in [0.29, 0.717) is 11.4 Å². The fourth-order valence-corrected chi connectivity index (χ4v) is 3.60. The van der Waals surface area contributed by atoms with E-state index < -0.39 is 36.2 Å². The van der Waals surface area contributed by atoms with Crippen molar-refractivity contribution in [3.8, 4) is 11.5 Å². The van der Waals surface area contributed by atoms with Crippen molar-refractivity contribution >= 4 is 52.8 Å². The highest BCUT2D eigenvalue weighted by Gasteiger charge is 2.37.